The van der Waals surface area contributed by atoms with Gasteiger partial charge in [0.1, 0.15) is 10.8 Å². The maximum atomic E-state index is 5.90. The highest BCUT2D eigenvalue weighted by Crippen LogP contribution is 2.34. The highest BCUT2D eigenvalue weighted by atomic mass is 32.1. The van der Waals surface area contributed by atoms with E-state index in [-0.39, 0.29) is 0 Å². The van der Waals surface area contributed by atoms with Gasteiger partial charge in [0.25, 0.3) is 5.89 Å². The fourth-order valence-corrected chi connectivity index (χ4v) is 2.72. The number of nitrogens with two attached hydrogens (primary N) is 1. The van der Waals surface area contributed by atoms with Gasteiger partial charge in [-0.1, -0.05) is 11.2 Å². The summed E-state index contributed by atoms with van der Waals surface area (Å²) in [7, 11) is 1.62. The Morgan fingerprint density at radius 1 is 1.29 bits per heavy atom. The Kier molecular flexibility index (Phi) is 3.34. The molecule has 0 aliphatic rings. The molecule has 0 bridgehead atoms. The van der Waals surface area contributed by atoms with Crippen LogP contribution in [-0.2, 0) is 0 Å². The van der Waals surface area contributed by atoms with Gasteiger partial charge in [-0.15, -0.1) is 0 Å². The van der Waals surface area contributed by atoms with Crippen molar-refractivity contribution in [3.8, 4) is 28.6 Å². The third kappa shape index (κ3) is 2.36. The number of aromatic nitrogens is 3. The minimum Gasteiger partial charge on any atom is -0.496 e. The van der Waals surface area contributed by atoms with E-state index in [1.54, 1.807) is 7.11 Å². The molecule has 7 heteroatoms. The van der Waals surface area contributed by atoms with E-state index in [2.05, 4.69) is 14.5 Å². The molecule has 0 unspecified atom stereocenters. The largest absolute Gasteiger partial charge is 0.496 e. The molecule has 21 heavy (non-hydrogen) atoms. The van der Waals surface area contributed by atoms with Gasteiger partial charge >= 0.3 is 0 Å². The van der Waals surface area contributed by atoms with Gasteiger partial charge in [-0.2, -0.15) is 9.36 Å². The number of hydrogen-bond donors (Lipinski definition) is 1. The summed E-state index contributed by atoms with van der Waals surface area (Å²) in [6.45, 7) is 3.85. The standard InChI is InChI=1S/C14H14N4O2S/c1-7-4-5-9(10(6-7)19-3)13-16-14(20-17-13)11-8(2)18-21-12(11)15/h4-6H,15H2,1-3H3. The molecule has 0 saturated carbocycles. The number of methoxy groups -OCH3 is 1. The van der Waals surface area contributed by atoms with E-state index in [1.807, 2.05) is 32.0 Å². The minimum atomic E-state index is 0.372. The summed E-state index contributed by atoms with van der Waals surface area (Å²) in [6.07, 6.45) is 0. The zero-order valence-electron chi connectivity index (χ0n) is 11.9. The summed E-state index contributed by atoms with van der Waals surface area (Å²) in [5.74, 6) is 1.54. The summed E-state index contributed by atoms with van der Waals surface area (Å²) in [4.78, 5) is 4.41. The summed E-state index contributed by atoms with van der Waals surface area (Å²) in [5, 5.41) is 4.59. The van der Waals surface area contributed by atoms with E-state index in [0.29, 0.717) is 28.0 Å². The highest BCUT2D eigenvalue weighted by molar-refractivity contribution is 7.10. The van der Waals surface area contributed by atoms with Crippen molar-refractivity contribution in [2.75, 3.05) is 12.8 Å². The van der Waals surface area contributed by atoms with Crippen LogP contribution in [0.15, 0.2) is 22.7 Å². The predicted molar refractivity (Wildman–Crippen MR) is 81.3 cm³/mol. The Balaban J connectivity index is 2.07. The van der Waals surface area contributed by atoms with Crippen molar-refractivity contribution in [2.24, 2.45) is 0 Å². The van der Waals surface area contributed by atoms with Gasteiger partial charge in [-0.3, -0.25) is 0 Å². The molecule has 108 valence electrons. The summed E-state index contributed by atoms with van der Waals surface area (Å²) >= 11 is 1.22. The Hall–Kier alpha value is -2.41. The van der Waals surface area contributed by atoms with Gasteiger partial charge in [0.2, 0.25) is 5.82 Å². The monoisotopic (exact) mass is 302 g/mol. The Bertz CT molecular complexity index is 775. The van der Waals surface area contributed by atoms with Crippen molar-refractivity contribution < 1.29 is 9.26 Å². The number of benzene rings is 1. The van der Waals surface area contributed by atoms with Gasteiger partial charge in [0.05, 0.1) is 23.9 Å². The average molecular weight is 302 g/mol. The van der Waals surface area contributed by atoms with Gasteiger partial charge in [0.15, 0.2) is 0 Å². The molecule has 1 aromatic carbocycles. The van der Waals surface area contributed by atoms with Crippen LogP contribution in [0, 0.1) is 13.8 Å². The summed E-state index contributed by atoms with van der Waals surface area (Å²) in [6, 6.07) is 5.81. The maximum Gasteiger partial charge on any atom is 0.263 e. The lowest BCUT2D eigenvalue weighted by molar-refractivity contribution is 0.413. The van der Waals surface area contributed by atoms with E-state index < -0.39 is 0 Å². The number of ether oxygens (including phenoxy) is 1. The first-order valence-corrected chi connectivity index (χ1v) is 7.08. The van der Waals surface area contributed by atoms with E-state index in [4.69, 9.17) is 15.0 Å². The van der Waals surface area contributed by atoms with E-state index in [9.17, 15) is 0 Å². The van der Waals surface area contributed by atoms with Crippen LogP contribution in [0.3, 0.4) is 0 Å². The molecule has 0 amide bonds. The summed E-state index contributed by atoms with van der Waals surface area (Å²) < 4.78 is 14.9. The number of nitrogen functional groups attached to an aromatic ring is 1. The molecule has 6 nitrogen and oxygen atoms in total. The normalized spacial score (nSPS) is 10.8. The number of aryl methyl sites for hydroxylation is 2. The van der Waals surface area contributed by atoms with Crippen molar-refractivity contribution in [1.82, 2.24) is 14.5 Å². The van der Waals surface area contributed by atoms with Crippen molar-refractivity contribution >= 4 is 16.5 Å². The fraction of sp³-hybridized carbons (Fsp3) is 0.214. The molecule has 2 heterocycles. The van der Waals surface area contributed by atoms with Crippen LogP contribution in [0.2, 0.25) is 0 Å². The van der Waals surface area contributed by atoms with Crippen molar-refractivity contribution in [3.63, 3.8) is 0 Å². The van der Waals surface area contributed by atoms with E-state index in [0.717, 1.165) is 16.8 Å². The predicted octanol–water partition coefficient (Wildman–Crippen LogP) is 3.07. The Labute approximate surface area is 125 Å². The first-order chi connectivity index (χ1) is 10.1. The van der Waals surface area contributed by atoms with Gasteiger partial charge in [-0.05, 0) is 43.1 Å². The van der Waals surface area contributed by atoms with Crippen LogP contribution in [0.1, 0.15) is 11.3 Å². The molecule has 3 aromatic rings. The first-order valence-electron chi connectivity index (χ1n) is 6.31. The van der Waals surface area contributed by atoms with Gasteiger partial charge in [0, 0.05) is 0 Å². The number of hydrogen-bond acceptors (Lipinski definition) is 7. The number of nitrogens with zero attached hydrogens (tertiary/aromatic N) is 3. The molecule has 0 spiro atoms. The summed E-state index contributed by atoms with van der Waals surface area (Å²) in [5.41, 5.74) is 9.25. The lowest BCUT2D eigenvalue weighted by Gasteiger charge is -2.05. The Morgan fingerprint density at radius 2 is 2.10 bits per heavy atom. The SMILES string of the molecule is COc1cc(C)ccc1-c1noc(-c2c(C)nsc2N)n1. The molecule has 0 radical (unpaired) electrons. The van der Waals surface area contributed by atoms with Crippen LogP contribution in [0.5, 0.6) is 5.75 Å². The third-order valence-electron chi connectivity index (χ3n) is 3.13. The topological polar surface area (TPSA) is 87.1 Å². The van der Waals surface area contributed by atoms with Crippen LogP contribution >= 0.6 is 11.5 Å². The minimum absolute atomic E-state index is 0.372. The second-order valence-electron chi connectivity index (χ2n) is 4.63. The van der Waals surface area contributed by atoms with Crippen molar-refractivity contribution in [3.05, 3.63) is 29.5 Å². The van der Waals surface area contributed by atoms with Crippen LogP contribution in [0.4, 0.5) is 5.00 Å². The lowest BCUT2D eigenvalue weighted by Crippen LogP contribution is -1.91. The van der Waals surface area contributed by atoms with Gasteiger partial charge < -0.3 is 15.0 Å². The van der Waals surface area contributed by atoms with Crippen molar-refractivity contribution in [2.45, 2.75) is 13.8 Å². The zero-order chi connectivity index (χ0) is 15.0. The number of anilines is 1. The molecule has 0 fully saturated rings. The second-order valence-corrected chi connectivity index (χ2v) is 5.44. The smallest absolute Gasteiger partial charge is 0.263 e. The molecule has 2 aromatic heterocycles. The van der Waals surface area contributed by atoms with Crippen LogP contribution in [0.25, 0.3) is 22.8 Å². The molecular formula is C14H14N4O2S. The van der Waals surface area contributed by atoms with E-state index in [1.165, 1.54) is 11.5 Å². The van der Waals surface area contributed by atoms with Gasteiger partial charge in [-0.25, -0.2) is 0 Å². The molecule has 0 aliphatic carbocycles. The van der Waals surface area contributed by atoms with E-state index >= 15 is 0 Å². The lowest BCUT2D eigenvalue weighted by atomic mass is 10.1. The maximum absolute atomic E-state index is 5.90. The molecular weight excluding hydrogens is 288 g/mol. The quantitative estimate of drug-likeness (QED) is 0.800. The third-order valence-corrected chi connectivity index (χ3v) is 3.89. The first kappa shape index (κ1) is 13.6. The van der Waals surface area contributed by atoms with Crippen molar-refractivity contribution in [1.29, 1.82) is 0 Å². The van der Waals surface area contributed by atoms with Crippen LogP contribution in [-0.4, -0.2) is 21.6 Å². The van der Waals surface area contributed by atoms with Crippen LogP contribution < -0.4 is 10.5 Å². The molecule has 3 rings (SSSR count). The average Bonchev–Trinajstić information content (AvgIpc) is 3.05. The Morgan fingerprint density at radius 3 is 2.76 bits per heavy atom. The number of rotatable bonds is 3. The molecule has 0 atom stereocenters. The molecule has 2 N–H and O–H groups in total. The zero-order valence-corrected chi connectivity index (χ0v) is 12.7. The fourth-order valence-electron chi connectivity index (χ4n) is 2.06. The molecule has 0 aliphatic heterocycles. The molecule has 0 saturated heterocycles. The second kappa shape index (κ2) is 5.17. The highest BCUT2D eigenvalue weighted by Gasteiger charge is 2.19.